The standard InChI is InChI=1S/C46H30N4/c1-3-11-37-29-39(25-19-31(37)9-1)43-45(49-27-7-5-13-41(49)47-43)35-21-15-33(16-22-35)34-17-23-36(24-18-34)46-44(48-42-14-6-8-28-50(42)46)40-26-20-32-10-2-4-12-38(32)30-40/h1-30H. The summed E-state index contributed by atoms with van der Waals surface area (Å²) < 4.78 is 4.38. The van der Waals surface area contributed by atoms with E-state index in [0.717, 1.165) is 67.5 Å². The van der Waals surface area contributed by atoms with Gasteiger partial charge in [0.05, 0.1) is 22.8 Å². The van der Waals surface area contributed by atoms with Crippen molar-refractivity contribution in [2.24, 2.45) is 0 Å². The second-order valence-electron chi connectivity index (χ2n) is 12.8. The molecule has 4 heterocycles. The van der Waals surface area contributed by atoms with E-state index >= 15 is 0 Å². The Morgan fingerprint density at radius 3 is 1.10 bits per heavy atom. The molecule has 0 aliphatic heterocycles. The minimum absolute atomic E-state index is 0.931. The summed E-state index contributed by atoms with van der Waals surface area (Å²) in [6.45, 7) is 0. The highest BCUT2D eigenvalue weighted by atomic mass is 15.0. The van der Waals surface area contributed by atoms with Crippen LogP contribution in [0.1, 0.15) is 0 Å². The number of hydrogen-bond acceptors (Lipinski definition) is 2. The lowest BCUT2D eigenvalue weighted by Gasteiger charge is -2.10. The van der Waals surface area contributed by atoms with Crippen molar-refractivity contribution >= 4 is 32.8 Å². The number of rotatable bonds is 5. The van der Waals surface area contributed by atoms with E-state index in [4.69, 9.17) is 9.97 Å². The van der Waals surface area contributed by atoms with E-state index in [9.17, 15) is 0 Å². The van der Waals surface area contributed by atoms with Gasteiger partial charge in [0.1, 0.15) is 11.3 Å². The van der Waals surface area contributed by atoms with Gasteiger partial charge in [-0.3, -0.25) is 8.80 Å². The van der Waals surface area contributed by atoms with E-state index in [-0.39, 0.29) is 0 Å². The fraction of sp³-hybridized carbons (Fsp3) is 0. The predicted molar refractivity (Wildman–Crippen MR) is 206 cm³/mol. The van der Waals surface area contributed by atoms with Crippen LogP contribution in [0, 0.1) is 0 Å². The third kappa shape index (κ3) is 4.69. The Labute approximate surface area is 289 Å². The molecule has 0 saturated heterocycles. The summed E-state index contributed by atoms with van der Waals surface area (Å²) >= 11 is 0. The Morgan fingerprint density at radius 1 is 0.300 bits per heavy atom. The van der Waals surface area contributed by atoms with E-state index in [1.807, 2.05) is 12.1 Å². The molecule has 0 saturated carbocycles. The molecule has 4 heteroatoms. The van der Waals surface area contributed by atoms with E-state index in [2.05, 4.69) is 179 Å². The van der Waals surface area contributed by atoms with Crippen molar-refractivity contribution in [3.8, 4) is 56.2 Å². The molecule has 0 unspecified atom stereocenters. The van der Waals surface area contributed by atoms with Gasteiger partial charge >= 0.3 is 0 Å². The minimum Gasteiger partial charge on any atom is -0.299 e. The summed E-state index contributed by atoms with van der Waals surface area (Å²) in [6.07, 6.45) is 4.20. The highest BCUT2D eigenvalue weighted by Crippen LogP contribution is 2.37. The van der Waals surface area contributed by atoms with Crippen LogP contribution in [0.4, 0.5) is 0 Å². The maximum absolute atomic E-state index is 5.10. The molecule has 6 aromatic carbocycles. The van der Waals surface area contributed by atoms with Gasteiger partial charge in [-0.1, -0.05) is 133 Å². The highest BCUT2D eigenvalue weighted by molar-refractivity contribution is 5.92. The van der Waals surface area contributed by atoms with Crippen LogP contribution in [-0.4, -0.2) is 18.8 Å². The van der Waals surface area contributed by atoms with Gasteiger partial charge in [0.2, 0.25) is 0 Å². The largest absolute Gasteiger partial charge is 0.299 e. The molecule has 0 spiro atoms. The van der Waals surface area contributed by atoms with Crippen molar-refractivity contribution in [3.05, 3.63) is 182 Å². The molecule has 0 bridgehead atoms. The van der Waals surface area contributed by atoms with Crippen molar-refractivity contribution < 1.29 is 0 Å². The highest BCUT2D eigenvalue weighted by Gasteiger charge is 2.18. The molecular formula is C46H30N4. The third-order valence-corrected chi connectivity index (χ3v) is 9.76. The van der Waals surface area contributed by atoms with Crippen LogP contribution in [-0.2, 0) is 0 Å². The summed E-state index contributed by atoms with van der Waals surface area (Å²) in [7, 11) is 0. The van der Waals surface area contributed by atoms with Gasteiger partial charge in [-0.15, -0.1) is 0 Å². The number of benzene rings is 6. The van der Waals surface area contributed by atoms with Gasteiger partial charge in [-0.05, 0) is 69.1 Å². The molecule has 4 nitrogen and oxygen atoms in total. The summed E-state index contributed by atoms with van der Waals surface area (Å²) in [6, 6.07) is 60.2. The molecule has 0 radical (unpaired) electrons. The fourth-order valence-corrected chi connectivity index (χ4v) is 7.26. The lowest BCUT2D eigenvalue weighted by Crippen LogP contribution is -1.91. The molecular weight excluding hydrogens is 609 g/mol. The number of hydrogen-bond donors (Lipinski definition) is 0. The van der Waals surface area contributed by atoms with Crippen LogP contribution in [0.5, 0.6) is 0 Å². The fourth-order valence-electron chi connectivity index (χ4n) is 7.26. The minimum atomic E-state index is 0.931. The molecule has 4 aromatic heterocycles. The van der Waals surface area contributed by atoms with Crippen LogP contribution in [0.15, 0.2) is 182 Å². The van der Waals surface area contributed by atoms with Crippen LogP contribution < -0.4 is 0 Å². The quantitative estimate of drug-likeness (QED) is 0.188. The van der Waals surface area contributed by atoms with Crippen LogP contribution in [0.3, 0.4) is 0 Å². The summed E-state index contributed by atoms with van der Waals surface area (Å²) in [5.74, 6) is 0. The third-order valence-electron chi connectivity index (χ3n) is 9.76. The Kier molecular flexibility index (Phi) is 6.46. The summed E-state index contributed by atoms with van der Waals surface area (Å²) in [4.78, 5) is 10.2. The topological polar surface area (TPSA) is 34.6 Å². The normalized spacial score (nSPS) is 11.6. The van der Waals surface area contributed by atoms with Crippen LogP contribution in [0.25, 0.3) is 89.0 Å². The monoisotopic (exact) mass is 638 g/mol. The van der Waals surface area contributed by atoms with Gasteiger partial charge in [0.15, 0.2) is 0 Å². The zero-order valence-electron chi connectivity index (χ0n) is 27.1. The number of fused-ring (bicyclic) bond motifs is 4. The van der Waals surface area contributed by atoms with Crippen molar-refractivity contribution in [2.45, 2.75) is 0 Å². The number of nitrogens with zero attached hydrogens (tertiary/aromatic N) is 4. The van der Waals surface area contributed by atoms with Crippen molar-refractivity contribution in [3.63, 3.8) is 0 Å². The average Bonchev–Trinajstić information content (AvgIpc) is 3.77. The molecule has 0 fully saturated rings. The Balaban J connectivity index is 1.02. The lowest BCUT2D eigenvalue weighted by molar-refractivity contribution is 1.19. The van der Waals surface area contributed by atoms with E-state index in [1.54, 1.807) is 0 Å². The zero-order valence-corrected chi connectivity index (χ0v) is 27.1. The Hall–Kier alpha value is -6.78. The molecule has 0 aliphatic carbocycles. The first-order valence-corrected chi connectivity index (χ1v) is 16.9. The maximum Gasteiger partial charge on any atom is 0.137 e. The van der Waals surface area contributed by atoms with E-state index in [0.29, 0.717) is 0 Å². The smallest absolute Gasteiger partial charge is 0.137 e. The van der Waals surface area contributed by atoms with Gasteiger partial charge in [-0.25, -0.2) is 9.97 Å². The molecule has 10 rings (SSSR count). The first-order chi connectivity index (χ1) is 24.8. The molecule has 0 N–H and O–H groups in total. The molecule has 50 heavy (non-hydrogen) atoms. The Morgan fingerprint density at radius 2 is 0.660 bits per heavy atom. The molecule has 0 aliphatic rings. The van der Waals surface area contributed by atoms with Crippen LogP contribution >= 0.6 is 0 Å². The first-order valence-electron chi connectivity index (χ1n) is 16.9. The van der Waals surface area contributed by atoms with Gasteiger partial charge in [0, 0.05) is 34.6 Å². The second kappa shape index (κ2) is 11.4. The molecule has 0 atom stereocenters. The average molecular weight is 639 g/mol. The SMILES string of the molecule is c1ccc2cc(-c3nc4ccccn4c3-c3ccc(-c4ccc(-c5c(-c6ccc7ccccc7c6)nc6ccccn56)cc4)cc3)ccc2c1. The van der Waals surface area contributed by atoms with Crippen molar-refractivity contribution in [1.29, 1.82) is 0 Å². The number of pyridine rings is 2. The molecule has 10 aromatic rings. The maximum atomic E-state index is 5.10. The van der Waals surface area contributed by atoms with Gasteiger partial charge in [0.25, 0.3) is 0 Å². The first kappa shape index (κ1) is 28.3. The summed E-state index contributed by atoms with van der Waals surface area (Å²) in [5, 5.41) is 4.87. The predicted octanol–water partition coefficient (Wildman–Crippen LogP) is 11.6. The van der Waals surface area contributed by atoms with Gasteiger partial charge < -0.3 is 0 Å². The summed E-state index contributed by atoms with van der Waals surface area (Å²) in [5.41, 5.74) is 12.8. The van der Waals surface area contributed by atoms with Crippen LogP contribution in [0.2, 0.25) is 0 Å². The molecule has 234 valence electrons. The number of aromatic nitrogens is 4. The zero-order chi connectivity index (χ0) is 33.0. The second-order valence-corrected chi connectivity index (χ2v) is 12.8. The lowest BCUT2D eigenvalue weighted by atomic mass is 9.97. The van der Waals surface area contributed by atoms with E-state index < -0.39 is 0 Å². The Bertz CT molecular complexity index is 2660. The van der Waals surface area contributed by atoms with Gasteiger partial charge in [-0.2, -0.15) is 0 Å². The van der Waals surface area contributed by atoms with Crippen molar-refractivity contribution in [2.75, 3.05) is 0 Å². The number of imidazole rings is 2. The van der Waals surface area contributed by atoms with Crippen molar-refractivity contribution in [1.82, 2.24) is 18.8 Å². The van der Waals surface area contributed by atoms with E-state index in [1.165, 1.54) is 21.5 Å². The molecule has 0 amide bonds.